The molecule has 15 heavy (non-hydrogen) atoms. The van der Waals surface area contributed by atoms with E-state index in [2.05, 4.69) is 31.2 Å². The average molecular weight is 203 g/mol. The van der Waals surface area contributed by atoms with Crippen LogP contribution in [0.3, 0.4) is 0 Å². The van der Waals surface area contributed by atoms with Crippen molar-refractivity contribution in [2.24, 2.45) is 11.1 Å². The molecule has 1 saturated carbocycles. The lowest BCUT2D eigenvalue weighted by Gasteiger charge is -2.41. The van der Waals surface area contributed by atoms with Gasteiger partial charge in [0.25, 0.3) is 0 Å². The molecular formula is C14H21N. The molecule has 1 nitrogen and oxygen atoms in total. The van der Waals surface area contributed by atoms with E-state index in [-0.39, 0.29) is 0 Å². The molecule has 0 heterocycles. The lowest BCUT2D eigenvalue weighted by molar-refractivity contribution is 0.145. The van der Waals surface area contributed by atoms with E-state index in [1.165, 1.54) is 36.8 Å². The first kappa shape index (κ1) is 10.7. The van der Waals surface area contributed by atoms with Crippen LogP contribution in [0.15, 0.2) is 24.3 Å². The van der Waals surface area contributed by atoms with E-state index in [9.17, 15) is 0 Å². The third-order valence-electron chi connectivity index (χ3n) is 3.86. The van der Waals surface area contributed by atoms with Crippen LogP contribution >= 0.6 is 0 Å². The van der Waals surface area contributed by atoms with Gasteiger partial charge in [-0.1, -0.05) is 37.6 Å². The van der Waals surface area contributed by atoms with Crippen LogP contribution in [0.1, 0.15) is 37.3 Å². The van der Waals surface area contributed by atoms with Crippen molar-refractivity contribution in [2.45, 2.75) is 39.0 Å². The zero-order valence-electron chi connectivity index (χ0n) is 9.63. The van der Waals surface area contributed by atoms with Gasteiger partial charge in [-0.3, -0.25) is 0 Å². The maximum atomic E-state index is 5.87. The Morgan fingerprint density at radius 1 is 1.13 bits per heavy atom. The molecule has 0 saturated heterocycles. The third-order valence-corrected chi connectivity index (χ3v) is 3.86. The van der Waals surface area contributed by atoms with E-state index in [4.69, 9.17) is 5.73 Å². The summed E-state index contributed by atoms with van der Waals surface area (Å²) in [4.78, 5) is 0. The van der Waals surface area contributed by atoms with Gasteiger partial charge in [0.2, 0.25) is 0 Å². The van der Waals surface area contributed by atoms with E-state index in [0.29, 0.717) is 5.41 Å². The molecule has 2 rings (SSSR count). The Hall–Kier alpha value is -0.820. The summed E-state index contributed by atoms with van der Waals surface area (Å²) in [5.74, 6) is 0. The average Bonchev–Trinajstić information content (AvgIpc) is 2.24. The first-order valence-electron chi connectivity index (χ1n) is 6.06. The van der Waals surface area contributed by atoms with Gasteiger partial charge in [-0.25, -0.2) is 0 Å². The Morgan fingerprint density at radius 2 is 1.73 bits per heavy atom. The molecule has 2 N–H and O–H groups in total. The number of aryl methyl sites for hydroxylation is 1. The van der Waals surface area contributed by atoms with Crippen LogP contribution in [-0.2, 0) is 12.8 Å². The zero-order valence-corrected chi connectivity index (χ0v) is 9.63. The van der Waals surface area contributed by atoms with Crippen molar-refractivity contribution in [3.63, 3.8) is 0 Å². The van der Waals surface area contributed by atoms with Gasteiger partial charge in [0.15, 0.2) is 0 Å². The molecule has 0 aliphatic heterocycles. The van der Waals surface area contributed by atoms with Gasteiger partial charge in [0, 0.05) is 0 Å². The molecular weight excluding hydrogens is 182 g/mol. The normalized spacial score (nSPS) is 18.5. The molecule has 0 aromatic heterocycles. The highest BCUT2D eigenvalue weighted by atomic mass is 14.6. The van der Waals surface area contributed by atoms with Gasteiger partial charge in [-0.15, -0.1) is 0 Å². The van der Waals surface area contributed by atoms with Crippen molar-refractivity contribution in [1.29, 1.82) is 0 Å². The maximum Gasteiger partial charge on any atom is -0.00173 e. The largest absolute Gasteiger partial charge is 0.330 e. The fraction of sp³-hybridized carbons (Fsp3) is 0.571. The molecule has 0 bridgehead atoms. The van der Waals surface area contributed by atoms with E-state index in [0.717, 1.165) is 13.0 Å². The minimum absolute atomic E-state index is 0.438. The molecule has 1 fully saturated rings. The summed E-state index contributed by atoms with van der Waals surface area (Å²) in [6.45, 7) is 3.05. The second-order valence-corrected chi connectivity index (χ2v) is 4.90. The van der Waals surface area contributed by atoms with E-state index < -0.39 is 0 Å². The quantitative estimate of drug-likeness (QED) is 0.800. The van der Waals surface area contributed by atoms with Crippen molar-refractivity contribution in [3.8, 4) is 0 Å². The lowest BCUT2D eigenvalue weighted by Crippen LogP contribution is -2.39. The Balaban J connectivity index is 2.03. The summed E-state index contributed by atoms with van der Waals surface area (Å²) in [7, 11) is 0. The summed E-state index contributed by atoms with van der Waals surface area (Å²) in [5, 5.41) is 0. The maximum absolute atomic E-state index is 5.87. The molecule has 1 aliphatic carbocycles. The molecule has 0 radical (unpaired) electrons. The molecule has 0 atom stereocenters. The fourth-order valence-corrected chi connectivity index (χ4v) is 2.46. The van der Waals surface area contributed by atoms with Crippen LogP contribution in [-0.4, -0.2) is 6.54 Å². The molecule has 82 valence electrons. The molecule has 0 spiro atoms. The van der Waals surface area contributed by atoms with E-state index >= 15 is 0 Å². The second kappa shape index (κ2) is 4.36. The molecule has 1 aromatic rings. The number of nitrogens with two attached hydrogens (primary N) is 1. The number of hydrogen-bond acceptors (Lipinski definition) is 1. The highest BCUT2D eigenvalue weighted by molar-refractivity contribution is 5.24. The van der Waals surface area contributed by atoms with Crippen LogP contribution < -0.4 is 5.73 Å². The van der Waals surface area contributed by atoms with E-state index in [1.54, 1.807) is 0 Å². The Morgan fingerprint density at radius 3 is 2.13 bits per heavy atom. The highest BCUT2D eigenvalue weighted by Gasteiger charge is 2.35. The number of rotatable bonds is 4. The van der Waals surface area contributed by atoms with Crippen LogP contribution in [0, 0.1) is 5.41 Å². The monoisotopic (exact) mass is 203 g/mol. The van der Waals surface area contributed by atoms with E-state index in [1.807, 2.05) is 0 Å². The zero-order chi connectivity index (χ0) is 10.7. The molecule has 0 amide bonds. The van der Waals surface area contributed by atoms with Crippen LogP contribution in [0.5, 0.6) is 0 Å². The predicted molar refractivity (Wildman–Crippen MR) is 64.9 cm³/mol. The molecule has 0 unspecified atom stereocenters. The van der Waals surface area contributed by atoms with Crippen molar-refractivity contribution >= 4 is 0 Å². The van der Waals surface area contributed by atoms with Crippen molar-refractivity contribution in [2.75, 3.05) is 6.54 Å². The molecule has 1 heteroatoms. The first-order chi connectivity index (χ1) is 7.28. The standard InChI is InChI=1S/C14H21N/c1-2-12-4-6-13(7-5-12)10-14(11-15)8-3-9-14/h4-7H,2-3,8-11,15H2,1H3. The van der Waals surface area contributed by atoms with Gasteiger partial charge in [-0.05, 0) is 48.8 Å². The first-order valence-corrected chi connectivity index (χ1v) is 6.06. The Kier molecular flexibility index (Phi) is 3.11. The summed E-state index contributed by atoms with van der Waals surface area (Å²) < 4.78 is 0. The van der Waals surface area contributed by atoms with Crippen LogP contribution in [0.2, 0.25) is 0 Å². The summed E-state index contributed by atoms with van der Waals surface area (Å²) in [5.41, 5.74) is 9.19. The minimum Gasteiger partial charge on any atom is -0.330 e. The van der Waals surface area contributed by atoms with Gasteiger partial charge in [0.1, 0.15) is 0 Å². The van der Waals surface area contributed by atoms with Crippen LogP contribution in [0.4, 0.5) is 0 Å². The SMILES string of the molecule is CCc1ccc(CC2(CN)CCC2)cc1. The van der Waals surface area contributed by atoms with Crippen molar-refractivity contribution in [3.05, 3.63) is 35.4 Å². The summed E-state index contributed by atoms with van der Waals surface area (Å²) in [6.07, 6.45) is 6.30. The van der Waals surface area contributed by atoms with Crippen molar-refractivity contribution < 1.29 is 0 Å². The highest BCUT2D eigenvalue weighted by Crippen LogP contribution is 2.42. The summed E-state index contributed by atoms with van der Waals surface area (Å²) in [6, 6.07) is 9.04. The summed E-state index contributed by atoms with van der Waals surface area (Å²) >= 11 is 0. The predicted octanol–water partition coefficient (Wildman–Crippen LogP) is 2.92. The van der Waals surface area contributed by atoms with Crippen molar-refractivity contribution in [1.82, 2.24) is 0 Å². The van der Waals surface area contributed by atoms with Gasteiger partial charge in [0.05, 0.1) is 0 Å². The minimum atomic E-state index is 0.438. The number of hydrogen-bond donors (Lipinski definition) is 1. The van der Waals surface area contributed by atoms with Gasteiger partial charge >= 0.3 is 0 Å². The number of benzene rings is 1. The van der Waals surface area contributed by atoms with Crippen LogP contribution in [0.25, 0.3) is 0 Å². The van der Waals surface area contributed by atoms with Gasteiger partial charge < -0.3 is 5.73 Å². The lowest BCUT2D eigenvalue weighted by atomic mass is 9.65. The Labute approximate surface area is 92.7 Å². The second-order valence-electron chi connectivity index (χ2n) is 4.90. The smallest absolute Gasteiger partial charge is 0.00173 e. The molecule has 1 aromatic carbocycles. The topological polar surface area (TPSA) is 26.0 Å². The van der Waals surface area contributed by atoms with Gasteiger partial charge in [-0.2, -0.15) is 0 Å². The molecule has 1 aliphatic rings. The third kappa shape index (κ3) is 2.23. The Bertz CT molecular complexity index is 303. The fourth-order valence-electron chi connectivity index (χ4n) is 2.46.